The lowest BCUT2D eigenvalue weighted by Crippen LogP contribution is -2.46. The molecule has 4 rings (SSSR count). The summed E-state index contributed by atoms with van der Waals surface area (Å²) in [5.41, 5.74) is 1.93. The molecule has 0 bridgehead atoms. The third-order valence-corrected chi connectivity index (χ3v) is 5.80. The lowest BCUT2D eigenvalue weighted by atomic mass is 10.1. The number of nitrogens with zero attached hydrogens (tertiary/aromatic N) is 4. The Kier molecular flexibility index (Phi) is 5.41. The van der Waals surface area contributed by atoms with Gasteiger partial charge in [0, 0.05) is 67.7 Å². The summed E-state index contributed by atoms with van der Waals surface area (Å²) in [4.78, 5) is 11.5. The van der Waals surface area contributed by atoms with Crippen LogP contribution in [-0.4, -0.2) is 49.2 Å². The van der Waals surface area contributed by atoms with Gasteiger partial charge in [-0.3, -0.25) is 4.90 Å². The monoisotopic (exact) mass is 418 g/mol. The average Bonchev–Trinajstić information content (AvgIpc) is 3.19. The smallest absolute Gasteiger partial charge is 0.129 e. The predicted molar refractivity (Wildman–Crippen MR) is 107 cm³/mol. The SMILES string of the molecule is Fc1cccc(N2CCCC2)c1CN1CCN(c2ccc(Br)cn2)CC1. The second-order valence-corrected chi connectivity index (χ2v) is 7.95. The fraction of sp³-hybridized carbons (Fsp3) is 0.450. The number of benzene rings is 1. The molecular formula is C20H24BrFN4. The van der Waals surface area contributed by atoms with Gasteiger partial charge in [-0.15, -0.1) is 0 Å². The van der Waals surface area contributed by atoms with E-state index in [9.17, 15) is 4.39 Å². The van der Waals surface area contributed by atoms with Gasteiger partial charge in [-0.2, -0.15) is 0 Å². The van der Waals surface area contributed by atoms with Gasteiger partial charge in [0.05, 0.1) is 0 Å². The van der Waals surface area contributed by atoms with Crippen molar-refractivity contribution >= 4 is 27.4 Å². The summed E-state index contributed by atoms with van der Waals surface area (Å²) in [6.45, 7) is 6.44. The molecule has 0 N–H and O–H groups in total. The first kappa shape index (κ1) is 17.7. The van der Waals surface area contributed by atoms with Crippen LogP contribution in [0.1, 0.15) is 18.4 Å². The summed E-state index contributed by atoms with van der Waals surface area (Å²) in [5.74, 6) is 0.933. The second-order valence-electron chi connectivity index (χ2n) is 7.03. The predicted octanol–water partition coefficient (Wildman–Crippen LogP) is 3.91. The van der Waals surface area contributed by atoms with E-state index in [0.717, 1.165) is 60.8 Å². The van der Waals surface area contributed by atoms with Crippen LogP contribution < -0.4 is 9.80 Å². The lowest BCUT2D eigenvalue weighted by Gasteiger charge is -2.36. The van der Waals surface area contributed by atoms with Crippen molar-refractivity contribution in [3.8, 4) is 0 Å². The Bertz CT molecular complexity index is 738. The van der Waals surface area contributed by atoms with Crippen LogP contribution in [-0.2, 0) is 6.54 Å². The van der Waals surface area contributed by atoms with Gasteiger partial charge in [-0.05, 0) is 53.0 Å². The van der Waals surface area contributed by atoms with E-state index >= 15 is 0 Å². The number of halogens is 2. The van der Waals surface area contributed by atoms with Gasteiger partial charge >= 0.3 is 0 Å². The number of anilines is 2. The highest BCUT2D eigenvalue weighted by Crippen LogP contribution is 2.28. The normalized spacial score (nSPS) is 18.5. The first-order valence-corrected chi connectivity index (χ1v) is 10.1. The van der Waals surface area contributed by atoms with Gasteiger partial charge in [0.2, 0.25) is 0 Å². The molecule has 6 heteroatoms. The molecule has 0 atom stereocenters. The topological polar surface area (TPSA) is 22.6 Å². The van der Waals surface area contributed by atoms with Gasteiger partial charge in [0.1, 0.15) is 11.6 Å². The van der Waals surface area contributed by atoms with Gasteiger partial charge in [-0.1, -0.05) is 6.07 Å². The average molecular weight is 419 g/mol. The molecular weight excluding hydrogens is 395 g/mol. The van der Waals surface area contributed by atoms with Gasteiger partial charge in [0.15, 0.2) is 0 Å². The molecule has 0 radical (unpaired) electrons. The summed E-state index contributed by atoms with van der Waals surface area (Å²) in [5, 5.41) is 0. The molecule has 2 aliphatic heterocycles. The van der Waals surface area contributed by atoms with Crippen molar-refractivity contribution in [2.45, 2.75) is 19.4 Å². The molecule has 1 aromatic carbocycles. The molecule has 4 nitrogen and oxygen atoms in total. The molecule has 26 heavy (non-hydrogen) atoms. The molecule has 2 saturated heterocycles. The van der Waals surface area contributed by atoms with Gasteiger partial charge in [-0.25, -0.2) is 9.37 Å². The number of aromatic nitrogens is 1. The summed E-state index contributed by atoms with van der Waals surface area (Å²) >= 11 is 3.43. The zero-order valence-corrected chi connectivity index (χ0v) is 16.5. The van der Waals surface area contributed by atoms with Crippen molar-refractivity contribution in [1.82, 2.24) is 9.88 Å². The highest BCUT2D eigenvalue weighted by Gasteiger charge is 2.23. The number of hydrogen-bond acceptors (Lipinski definition) is 4. The van der Waals surface area contributed by atoms with Crippen LogP contribution in [0.25, 0.3) is 0 Å². The van der Waals surface area contributed by atoms with Crippen molar-refractivity contribution < 1.29 is 4.39 Å². The van der Waals surface area contributed by atoms with E-state index < -0.39 is 0 Å². The maximum atomic E-state index is 14.6. The van der Waals surface area contributed by atoms with Crippen LogP contribution in [0.2, 0.25) is 0 Å². The zero-order valence-electron chi connectivity index (χ0n) is 14.9. The second kappa shape index (κ2) is 7.92. The molecule has 0 saturated carbocycles. The van der Waals surface area contributed by atoms with E-state index in [4.69, 9.17) is 0 Å². The Balaban J connectivity index is 1.42. The standard InChI is InChI=1S/C20H24BrFN4/c21-16-6-7-20(23-14-16)26-12-10-24(11-13-26)15-17-18(22)4-3-5-19(17)25-8-1-2-9-25/h3-7,14H,1-2,8-13,15H2. The largest absolute Gasteiger partial charge is 0.371 e. The number of piperazine rings is 1. The Morgan fingerprint density at radius 1 is 0.923 bits per heavy atom. The summed E-state index contributed by atoms with van der Waals surface area (Å²) in [6.07, 6.45) is 4.24. The van der Waals surface area contributed by atoms with E-state index in [0.29, 0.717) is 6.54 Å². The van der Waals surface area contributed by atoms with E-state index in [1.54, 1.807) is 6.07 Å². The Labute approximate surface area is 162 Å². The van der Waals surface area contributed by atoms with Crippen molar-refractivity contribution in [1.29, 1.82) is 0 Å². The molecule has 1 aromatic heterocycles. The fourth-order valence-electron chi connectivity index (χ4n) is 3.87. The lowest BCUT2D eigenvalue weighted by molar-refractivity contribution is 0.246. The van der Waals surface area contributed by atoms with E-state index in [-0.39, 0.29) is 5.82 Å². The minimum Gasteiger partial charge on any atom is -0.371 e. The summed E-state index contributed by atoms with van der Waals surface area (Å²) < 4.78 is 15.6. The minimum absolute atomic E-state index is 0.0774. The molecule has 2 fully saturated rings. The molecule has 2 aliphatic rings. The van der Waals surface area contributed by atoms with Crippen molar-refractivity contribution in [2.75, 3.05) is 49.1 Å². The van der Waals surface area contributed by atoms with Crippen LogP contribution in [0.4, 0.5) is 15.9 Å². The van der Waals surface area contributed by atoms with Crippen molar-refractivity contribution in [2.24, 2.45) is 0 Å². The van der Waals surface area contributed by atoms with E-state index in [1.165, 1.54) is 12.8 Å². The Hall–Kier alpha value is -1.66. The maximum Gasteiger partial charge on any atom is 0.129 e. The minimum atomic E-state index is -0.0774. The first-order chi connectivity index (χ1) is 12.7. The van der Waals surface area contributed by atoms with Gasteiger partial charge in [0.25, 0.3) is 0 Å². The van der Waals surface area contributed by atoms with E-state index in [2.05, 4.69) is 41.7 Å². The highest BCUT2D eigenvalue weighted by molar-refractivity contribution is 9.10. The highest BCUT2D eigenvalue weighted by atomic mass is 79.9. The molecule has 0 amide bonds. The van der Waals surface area contributed by atoms with Crippen molar-refractivity contribution in [3.05, 3.63) is 52.4 Å². The number of rotatable bonds is 4. The summed E-state index contributed by atoms with van der Waals surface area (Å²) in [7, 11) is 0. The summed E-state index contributed by atoms with van der Waals surface area (Å²) in [6, 6.07) is 9.57. The molecule has 138 valence electrons. The van der Waals surface area contributed by atoms with Crippen LogP contribution in [0.5, 0.6) is 0 Å². The molecule has 0 aliphatic carbocycles. The zero-order chi connectivity index (χ0) is 17.9. The van der Waals surface area contributed by atoms with Crippen LogP contribution >= 0.6 is 15.9 Å². The van der Waals surface area contributed by atoms with Crippen LogP contribution in [0, 0.1) is 5.82 Å². The number of hydrogen-bond donors (Lipinski definition) is 0. The quantitative estimate of drug-likeness (QED) is 0.750. The molecule has 2 aromatic rings. The molecule has 3 heterocycles. The first-order valence-electron chi connectivity index (χ1n) is 9.32. The molecule has 0 spiro atoms. The third kappa shape index (κ3) is 3.86. The number of pyridine rings is 1. The fourth-order valence-corrected chi connectivity index (χ4v) is 4.11. The molecule has 0 unspecified atom stereocenters. The van der Waals surface area contributed by atoms with E-state index in [1.807, 2.05) is 24.4 Å². The Morgan fingerprint density at radius 2 is 1.69 bits per heavy atom. The van der Waals surface area contributed by atoms with Crippen molar-refractivity contribution in [3.63, 3.8) is 0 Å². The van der Waals surface area contributed by atoms with Crippen LogP contribution in [0.3, 0.4) is 0 Å². The maximum absolute atomic E-state index is 14.6. The van der Waals surface area contributed by atoms with Gasteiger partial charge < -0.3 is 9.80 Å². The Morgan fingerprint density at radius 3 is 2.38 bits per heavy atom. The third-order valence-electron chi connectivity index (χ3n) is 5.33. The van der Waals surface area contributed by atoms with Crippen LogP contribution in [0.15, 0.2) is 41.0 Å².